The van der Waals surface area contributed by atoms with Gasteiger partial charge < -0.3 is 10.6 Å². The number of halogens is 1. The van der Waals surface area contributed by atoms with Gasteiger partial charge in [0.2, 0.25) is 0 Å². The Morgan fingerprint density at radius 3 is 2.12 bits per heavy atom. The number of aryl methyl sites for hydroxylation is 2. The number of aromatic nitrogens is 1. The molecule has 0 radical (unpaired) electrons. The number of carbonyl (C=O) groups excluding carboxylic acids is 1. The number of nitrogens with one attached hydrogen (secondary N) is 2. The van der Waals surface area contributed by atoms with Gasteiger partial charge in [0.15, 0.2) is 0 Å². The first-order valence-corrected chi connectivity index (χ1v) is 7.88. The summed E-state index contributed by atoms with van der Waals surface area (Å²) in [5.41, 5.74) is 4.92. The predicted molar refractivity (Wildman–Crippen MR) is 97.8 cm³/mol. The van der Waals surface area contributed by atoms with Gasteiger partial charge in [-0.25, -0.2) is 9.37 Å². The second kappa shape index (κ2) is 7.13. The molecule has 25 heavy (non-hydrogen) atoms. The average Bonchev–Trinajstić information content (AvgIpc) is 2.56. The smallest absolute Gasteiger partial charge is 0.274 e. The highest BCUT2D eigenvalue weighted by Gasteiger charge is 2.08. The van der Waals surface area contributed by atoms with Crippen LogP contribution < -0.4 is 10.6 Å². The number of hydrogen-bond donors (Lipinski definition) is 2. The molecule has 2 N–H and O–H groups in total. The van der Waals surface area contributed by atoms with Crippen LogP contribution in [0.2, 0.25) is 0 Å². The standard InChI is InChI=1S/C20H18FN3O/c1-13-9-14(2)11-18(10-13)23-17-7-8-19(22-12-17)20(25)24-16-5-3-15(21)4-6-16/h3-12,23H,1-2H3,(H,24,25). The van der Waals surface area contributed by atoms with E-state index in [1.807, 2.05) is 26.0 Å². The van der Waals surface area contributed by atoms with Crippen LogP contribution in [0, 0.1) is 19.7 Å². The minimum atomic E-state index is -0.349. The highest BCUT2D eigenvalue weighted by atomic mass is 19.1. The summed E-state index contributed by atoms with van der Waals surface area (Å²) in [6, 6.07) is 15.2. The van der Waals surface area contributed by atoms with Gasteiger partial charge in [-0.05, 0) is 73.5 Å². The van der Waals surface area contributed by atoms with Gasteiger partial charge in [-0.15, -0.1) is 0 Å². The van der Waals surface area contributed by atoms with Crippen LogP contribution in [0.5, 0.6) is 0 Å². The van der Waals surface area contributed by atoms with E-state index in [1.54, 1.807) is 18.3 Å². The zero-order valence-corrected chi connectivity index (χ0v) is 14.0. The van der Waals surface area contributed by atoms with Gasteiger partial charge in [-0.1, -0.05) is 6.07 Å². The van der Waals surface area contributed by atoms with Gasteiger partial charge >= 0.3 is 0 Å². The highest BCUT2D eigenvalue weighted by Crippen LogP contribution is 2.19. The Bertz CT molecular complexity index is 870. The van der Waals surface area contributed by atoms with Crippen LogP contribution in [0.1, 0.15) is 21.6 Å². The molecule has 1 aromatic heterocycles. The fourth-order valence-electron chi connectivity index (χ4n) is 2.54. The summed E-state index contributed by atoms with van der Waals surface area (Å²) >= 11 is 0. The lowest BCUT2D eigenvalue weighted by Crippen LogP contribution is -2.13. The molecular formula is C20H18FN3O. The Labute approximate surface area is 145 Å². The molecule has 1 amide bonds. The number of anilines is 3. The third kappa shape index (κ3) is 4.41. The molecule has 0 spiro atoms. The molecule has 0 saturated heterocycles. The molecule has 0 unspecified atom stereocenters. The van der Waals surface area contributed by atoms with Crippen LogP contribution in [-0.2, 0) is 0 Å². The van der Waals surface area contributed by atoms with Crippen LogP contribution in [0.25, 0.3) is 0 Å². The summed E-state index contributed by atoms with van der Waals surface area (Å²) in [6.07, 6.45) is 1.61. The number of rotatable bonds is 4. The Hall–Kier alpha value is -3.21. The Kier molecular flexibility index (Phi) is 4.75. The van der Waals surface area contributed by atoms with Crippen molar-refractivity contribution >= 4 is 23.0 Å². The lowest BCUT2D eigenvalue weighted by Gasteiger charge is -2.09. The molecule has 0 aliphatic heterocycles. The maximum atomic E-state index is 12.9. The molecule has 2 aromatic carbocycles. The first-order valence-electron chi connectivity index (χ1n) is 7.88. The van der Waals surface area contributed by atoms with Gasteiger partial charge in [0.1, 0.15) is 11.5 Å². The summed E-state index contributed by atoms with van der Waals surface area (Å²) in [5, 5.41) is 5.95. The predicted octanol–water partition coefficient (Wildman–Crippen LogP) is 4.83. The van der Waals surface area contributed by atoms with Crippen LogP contribution in [0.4, 0.5) is 21.5 Å². The molecule has 3 aromatic rings. The van der Waals surface area contributed by atoms with E-state index in [1.165, 1.54) is 35.4 Å². The number of pyridine rings is 1. The summed E-state index contributed by atoms with van der Waals surface area (Å²) < 4.78 is 12.9. The normalized spacial score (nSPS) is 10.4. The number of benzene rings is 2. The van der Waals surface area contributed by atoms with Crippen molar-refractivity contribution in [1.29, 1.82) is 0 Å². The minimum Gasteiger partial charge on any atom is -0.354 e. The largest absolute Gasteiger partial charge is 0.354 e. The molecule has 0 fully saturated rings. The van der Waals surface area contributed by atoms with Crippen LogP contribution in [-0.4, -0.2) is 10.9 Å². The molecule has 3 rings (SSSR count). The first kappa shape index (κ1) is 16.6. The van der Waals surface area contributed by atoms with Crippen LogP contribution in [0.3, 0.4) is 0 Å². The van der Waals surface area contributed by atoms with Crippen molar-refractivity contribution in [3.8, 4) is 0 Å². The van der Waals surface area contributed by atoms with Crippen molar-refractivity contribution in [3.63, 3.8) is 0 Å². The SMILES string of the molecule is Cc1cc(C)cc(Nc2ccc(C(=O)Nc3ccc(F)cc3)nc2)c1. The van der Waals surface area contributed by atoms with Crippen molar-refractivity contribution < 1.29 is 9.18 Å². The molecule has 1 heterocycles. The zero-order valence-electron chi connectivity index (χ0n) is 14.0. The number of nitrogens with zero attached hydrogens (tertiary/aromatic N) is 1. The molecule has 4 nitrogen and oxygen atoms in total. The molecule has 5 heteroatoms. The molecule has 0 bridgehead atoms. The zero-order chi connectivity index (χ0) is 17.8. The molecule has 0 saturated carbocycles. The van der Waals surface area contributed by atoms with E-state index < -0.39 is 0 Å². The maximum absolute atomic E-state index is 12.9. The second-order valence-corrected chi connectivity index (χ2v) is 5.89. The Morgan fingerprint density at radius 1 is 0.880 bits per heavy atom. The monoisotopic (exact) mass is 335 g/mol. The number of hydrogen-bond acceptors (Lipinski definition) is 3. The van der Waals surface area contributed by atoms with E-state index in [4.69, 9.17) is 0 Å². The fraction of sp³-hybridized carbons (Fsp3) is 0.100. The van der Waals surface area contributed by atoms with Gasteiger partial charge in [0.25, 0.3) is 5.91 Å². The lowest BCUT2D eigenvalue weighted by atomic mass is 10.1. The third-order valence-corrected chi connectivity index (χ3v) is 3.61. The van der Waals surface area contributed by atoms with Crippen molar-refractivity contribution in [2.24, 2.45) is 0 Å². The van der Waals surface area contributed by atoms with Crippen LogP contribution >= 0.6 is 0 Å². The van der Waals surface area contributed by atoms with Gasteiger partial charge in [0, 0.05) is 11.4 Å². The van der Waals surface area contributed by atoms with Crippen molar-refractivity contribution in [2.45, 2.75) is 13.8 Å². The van der Waals surface area contributed by atoms with Gasteiger partial charge in [0.05, 0.1) is 11.9 Å². The third-order valence-electron chi connectivity index (χ3n) is 3.61. The quantitative estimate of drug-likeness (QED) is 0.718. The number of carbonyl (C=O) groups is 1. The minimum absolute atomic E-state index is 0.287. The average molecular weight is 335 g/mol. The van der Waals surface area contributed by atoms with E-state index in [0.717, 1.165) is 11.4 Å². The summed E-state index contributed by atoms with van der Waals surface area (Å²) in [4.78, 5) is 16.4. The number of amides is 1. The summed E-state index contributed by atoms with van der Waals surface area (Å²) in [6.45, 7) is 4.08. The Balaban J connectivity index is 1.68. The highest BCUT2D eigenvalue weighted by molar-refractivity contribution is 6.02. The van der Waals surface area contributed by atoms with Gasteiger partial charge in [-0.3, -0.25) is 4.79 Å². The second-order valence-electron chi connectivity index (χ2n) is 5.89. The topological polar surface area (TPSA) is 54.0 Å². The summed E-state index contributed by atoms with van der Waals surface area (Å²) in [7, 11) is 0. The van der Waals surface area contributed by atoms with Gasteiger partial charge in [-0.2, -0.15) is 0 Å². The first-order chi connectivity index (χ1) is 12.0. The molecule has 126 valence electrons. The van der Waals surface area contributed by atoms with E-state index in [-0.39, 0.29) is 17.4 Å². The van der Waals surface area contributed by atoms with E-state index in [0.29, 0.717) is 5.69 Å². The molecule has 0 aliphatic carbocycles. The Morgan fingerprint density at radius 2 is 1.52 bits per heavy atom. The van der Waals surface area contributed by atoms with Crippen LogP contribution in [0.15, 0.2) is 60.8 Å². The van der Waals surface area contributed by atoms with E-state index >= 15 is 0 Å². The lowest BCUT2D eigenvalue weighted by molar-refractivity contribution is 0.102. The van der Waals surface area contributed by atoms with Crippen molar-refractivity contribution in [2.75, 3.05) is 10.6 Å². The molecular weight excluding hydrogens is 317 g/mol. The van der Waals surface area contributed by atoms with E-state index in [9.17, 15) is 9.18 Å². The van der Waals surface area contributed by atoms with Crippen molar-refractivity contribution in [3.05, 3.63) is 83.4 Å². The summed E-state index contributed by atoms with van der Waals surface area (Å²) in [5.74, 6) is -0.692. The molecule has 0 aliphatic rings. The molecule has 0 atom stereocenters. The van der Waals surface area contributed by atoms with E-state index in [2.05, 4.69) is 21.7 Å². The fourth-order valence-corrected chi connectivity index (χ4v) is 2.54. The van der Waals surface area contributed by atoms with Crippen molar-refractivity contribution in [1.82, 2.24) is 4.98 Å². The maximum Gasteiger partial charge on any atom is 0.274 e.